The molecule has 0 bridgehead atoms. The third-order valence-electron chi connectivity index (χ3n) is 11.3. The van der Waals surface area contributed by atoms with E-state index in [-0.39, 0.29) is 44.8 Å². The molecule has 10 nitrogen and oxygen atoms in total. The molecule has 1 aliphatic carbocycles. The van der Waals surface area contributed by atoms with Gasteiger partial charge in [0.25, 0.3) is 11.8 Å². The lowest BCUT2D eigenvalue weighted by Crippen LogP contribution is -2.68. The van der Waals surface area contributed by atoms with Crippen LogP contribution in [-0.2, 0) is 21.2 Å². The van der Waals surface area contributed by atoms with E-state index in [4.69, 9.17) is 9.47 Å². The van der Waals surface area contributed by atoms with Gasteiger partial charge < -0.3 is 24.4 Å². The van der Waals surface area contributed by atoms with Crippen LogP contribution in [0.5, 0.6) is 11.5 Å². The number of hydrogen-bond donors (Lipinski definition) is 1. The van der Waals surface area contributed by atoms with Crippen LogP contribution < -0.4 is 9.47 Å². The van der Waals surface area contributed by atoms with Crippen molar-refractivity contribution < 1.29 is 42.1 Å². The Bertz CT molecular complexity index is 1900. The van der Waals surface area contributed by atoms with Crippen molar-refractivity contribution >= 4 is 29.1 Å². The predicted octanol–water partition coefficient (Wildman–Crippen LogP) is 7.80. The highest BCUT2D eigenvalue weighted by molar-refractivity contribution is 7.10. The van der Waals surface area contributed by atoms with Crippen LogP contribution in [0.4, 0.5) is 13.2 Å². The number of carboxylic acid groups (broad SMARTS) is 1. The average Bonchev–Trinajstić information content (AvgIpc) is 3.86. The lowest BCUT2D eigenvalue weighted by molar-refractivity contribution is -0.160. The Kier molecular flexibility index (Phi) is 11.3. The first-order valence-corrected chi connectivity index (χ1v) is 19.4. The standard InChI is InChI=1S/C40H45F3N4O6S/c1-3-9-32-39(53-28-24-27(2)54-25-28,14-7-20-47(32)34(48)33-30(40(41,42)43)11-6-19-45-33)35(49)46-21-17-38(26-44,18-22-46)29-10-4-5-12-31(29)52-23-8-13-37(15-16-37)36(50)51/h4-6,10-12,19,24-25,32H,3,7-9,13-18,20-23H2,1-2H3,(H,50,51)/t32-,39+/m1/s1. The maximum Gasteiger partial charge on any atom is 0.418 e. The zero-order valence-corrected chi connectivity index (χ0v) is 31.3. The van der Waals surface area contributed by atoms with E-state index in [9.17, 15) is 33.1 Å². The van der Waals surface area contributed by atoms with E-state index >= 15 is 4.79 Å². The summed E-state index contributed by atoms with van der Waals surface area (Å²) in [5.41, 5.74) is -4.38. The van der Waals surface area contributed by atoms with E-state index in [0.29, 0.717) is 68.6 Å². The fourth-order valence-electron chi connectivity index (χ4n) is 8.13. The van der Waals surface area contributed by atoms with Gasteiger partial charge in [0, 0.05) is 48.1 Å². The highest BCUT2D eigenvalue weighted by atomic mass is 32.1. The second-order valence-corrected chi connectivity index (χ2v) is 15.8. The summed E-state index contributed by atoms with van der Waals surface area (Å²) in [4.78, 5) is 48.6. The molecule has 3 aromatic rings. The first-order valence-electron chi connectivity index (χ1n) is 18.5. The molecule has 1 N–H and O–H groups in total. The van der Waals surface area contributed by atoms with Crippen molar-refractivity contribution in [2.45, 2.75) is 101 Å². The van der Waals surface area contributed by atoms with Crippen molar-refractivity contribution in [3.63, 3.8) is 0 Å². The number of nitriles is 1. The van der Waals surface area contributed by atoms with E-state index in [2.05, 4.69) is 11.1 Å². The number of halogens is 3. The first-order chi connectivity index (χ1) is 25.8. The summed E-state index contributed by atoms with van der Waals surface area (Å²) >= 11 is 1.44. The summed E-state index contributed by atoms with van der Waals surface area (Å²) in [6.45, 7) is 4.61. The van der Waals surface area contributed by atoms with Gasteiger partial charge in [0.2, 0.25) is 5.60 Å². The largest absolute Gasteiger partial charge is 0.493 e. The van der Waals surface area contributed by atoms with Crippen molar-refractivity contribution in [1.82, 2.24) is 14.8 Å². The molecule has 2 saturated heterocycles. The summed E-state index contributed by atoms with van der Waals surface area (Å²) in [6.07, 6.45) is 0.708. The van der Waals surface area contributed by atoms with Crippen molar-refractivity contribution in [3.05, 3.63) is 75.7 Å². The number of pyridine rings is 1. The van der Waals surface area contributed by atoms with Gasteiger partial charge >= 0.3 is 12.1 Å². The number of carboxylic acids is 1. The van der Waals surface area contributed by atoms with Gasteiger partial charge in [-0.15, -0.1) is 11.3 Å². The van der Waals surface area contributed by atoms with E-state index in [0.717, 1.165) is 23.2 Å². The highest BCUT2D eigenvalue weighted by Gasteiger charge is 2.57. The topological polar surface area (TPSA) is 133 Å². The maximum atomic E-state index is 15.0. The fraction of sp³-hybridized carbons (Fsp3) is 0.525. The number of carbonyl (C=O) groups is 3. The van der Waals surface area contributed by atoms with E-state index in [1.54, 1.807) is 16.3 Å². The number of para-hydroxylation sites is 1. The summed E-state index contributed by atoms with van der Waals surface area (Å²) in [6, 6.07) is 12.7. The van der Waals surface area contributed by atoms with Crippen molar-refractivity contribution in [3.8, 4) is 17.6 Å². The Hall–Kier alpha value is -4.64. The van der Waals surface area contributed by atoms with Gasteiger partial charge in [-0.3, -0.25) is 19.4 Å². The SMILES string of the molecule is CCC[C@H]1N(C(=O)c2ncccc2C(F)(F)F)CCC[C@@]1(Oc1csc(C)c1)C(=O)N1CCC(C#N)(c2ccccc2OCCCC2(C(=O)O)CC2)CC1. The summed E-state index contributed by atoms with van der Waals surface area (Å²) in [5.74, 6) is -1.06. The second-order valence-electron chi connectivity index (χ2n) is 14.7. The minimum absolute atomic E-state index is 0.129. The molecule has 2 aromatic heterocycles. The van der Waals surface area contributed by atoms with Crippen LogP contribution in [0.3, 0.4) is 0 Å². The number of carbonyl (C=O) groups excluding carboxylic acids is 2. The smallest absolute Gasteiger partial charge is 0.418 e. The molecule has 3 fully saturated rings. The number of amides is 2. The van der Waals surface area contributed by atoms with Gasteiger partial charge in [-0.25, -0.2) is 0 Å². The molecule has 1 aromatic carbocycles. The van der Waals surface area contributed by atoms with Crippen LogP contribution in [0.1, 0.15) is 97.6 Å². The Balaban J connectivity index is 1.26. The van der Waals surface area contributed by atoms with E-state index < -0.39 is 51.8 Å². The number of rotatable bonds is 13. The van der Waals surface area contributed by atoms with Gasteiger partial charge in [-0.2, -0.15) is 18.4 Å². The zero-order chi connectivity index (χ0) is 38.7. The molecule has 0 radical (unpaired) electrons. The van der Waals surface area contributed by atoms with Crippen molar-refractivity contribution in [1.29, 1.82) is 5.26 Å². The van der Waals surface area contributed by atoms with Crippen molar-refractivity contribution in [2.75, 3.05) is 26.2 Å². The summed E-state index contributed by atoms with van der Waals surface area (Å²) in [5, 5.41) is 22.0. The molecule has 4 heterocycles. The van der Waals surface area contributed by atoms with Crippen LogP contribution in [-0.4, -0.2) is 75.6 Å². The quantitative estimate of drug-likeness (QED) is 0.174. The molecule has 0 spiro atoms. The number of aryl methyl sites for hydroxylation is 1. The average molecular weight is 767 g/mol. The summed E-state index contributed by atoms with van der Waals surface area (Å²) in [7, 11) is 0. The predicted molar refractivity (Wildman–Crippen MR) is 194 cm³/mol. The molecule has 288 valence electrons. The maximum absolute atomic E-state index is 15.0. The van der Waals surface area contributed by atoms with Crippen LogP contribution in [0.25, 0.3) is 0 Å². The number of thiophene rings is 1. The van der Waals surface area contributed by atoms with Crippen LogP contribution in [0.2, 0.25) is 0 Å². The molecule has 6 rings (SSSR count). The molecular formula is C40H45F3N4O6S. The van der Waals surface area contributed by atoms with Crippen molar-refractivity contribution in [2.24, 2.45) is 5.41 Å². The Morgan fingerprint density at radius 1 is 1.07 bits per heavy atom. The summed E-state index contributed by atoms with van der Waals surface area (Å²) < 4.78 is 55.1. The van der Waals surface area contributed by atoms with E-state index in [1.165, 1.54) is 16.2 Å². The third kappa shape index (κ3) is 7.65. The number of alkyl halides is 3. The van der Waals surface area contributed by atoms with Gasteiger partial charge in [0.15, 0.2) is 0 Å². The second kappa shape index (κ2) is 15.6. The molecule has 2 aliphatic heterocycles. The molecule has 0 unspecified atom stereocenters. The Morgan fingerprint density at radius 2 is 1.81 bits per heavy atom. The van der Waals surface area contributed by atoms with Gasteiger partial charge in [-0.05, 0) is 82.6 Å². The number of aliphatic carboxylic acids is 1. The van der Waals surface area contributed by atoms with Crippen LogP contribution in [0, 0.1) is 23.7 Å². The molecule has 1 saturated carbocycles. The normalized spacial score (nSPS) is 21.9. The van der Waals surface area contributed by atoms with Crippen LogP contribution in [0.15, 0.2) is 54.0 Å². The monoisotopic (exact) mass is 766 g/mol. The van der Waals surface area contributed by atoms with E-state index in [1.807, 2.05) is 38.1 Å². The highest BCUT2D eigenvalue weighted by Crippen LogP contribution is 2.50. The molecule has 2 atom stereocenters. The molecule has 14 heteroatoms. The fourth-order valence-corrected chi connectivity index (χ4v) is 8.73. The Morgan fingerprint density at radius 3 is 2.44 bits per heavy atom. The number of nitrogens with zero attached hydrogens (tertiary/aromatic N) is 4. The van der Waals surface area contributed by atoms with Crippen LogP contribution >= 0.6 is 11.3 Å². The number of likely N-dealkylation sites (tertiary alicyclic amines) is 2. The molecule has 3 aliphatic rings. The number of piperidine rings is 2. The van der Waals surface area contributed by atoms with Gasteiger partial charge in [-0.1, -0.05) is 31.5 Å². The third-order valence-corrected chi connectivity index (χ3v) is 12.1. The molecular weight excluding hydrogens is 722 g/mol. The first kappa shape index (κ1) is 39.1. The molecule has 54 heavy (non-hydrogen) atoms. The lowest BCUT2D eigenvalue weighted by atomic mass is 9.72. The minimum Gasteiger partial charge on any atom is -0.493 e. The van der Waals surface area contributed by atoms with Gasteiger partial charge in [0.1, 0.15) is 17.2 Å². The van der Waals surface area contributed by atoms with Gasteiger partial charge in [0.05, 0.1) is 35.1 Å². The number of ether oxygens (including phenoxy) is 2. The molecule has 2 amide bonds. The lowest BCUT2D eigenvalue weighted by Gasteiger charge is -2.51. The minimum atomic E-state index is -4.81. The Labute approximate surface area is 316 Å². The zero-order valence-electron chi connectivity index (χ0n) is 30.5. The number of hydrogen-bond acceptors (Lipinski definition) is 8. The number of aromatic nitrogens is 1. The number of benzene rings is 1.